The Morgan fingerprint density at radius 2 is 1.89 bits per heavy atom. The summed E-state index contributed by atoms with van der Waals surface area (Å²) in [7, 11) is 0. The van der Waals surface area contributed by atoms with E-state index in [1.165, 1.54) is 12.5 Å². The molecule has 0 spiro atoms. The second-order valence-electron chi connectivity index (χ2n) is 6.96. The predicted molar refractivity (Wildman–Crippen MR) is 80.8 cm³/mol. The van der Waals surface area contributed by atoms with Crippen LogP contribution in [0, 0.1) is 17.7 Å². The van der Waals surface area contributed by atoms with Crippen LogP contribution in [0.25, 0.3) is 0 Å². The molecule has 1 aromatic carbocycles. The van der Waals surface area contributed by atoms with Gasteiger partial charge < -0.3 is 5.32 Å². The summed E-state index contributed by atoms with van der Waals surface area (Å²) in [4.78, 5) is 0. The van der Waals surface area contributed by atoms with Crippen LogP contribution in [0.3, 0.4) is 0 Å². The fourth-order valence-corrected chi connectivity index (χ4v) is 2.35. The second-order valence-corrected chi connectivity index (χ2v) is 6.96. The Hall–Kier alpha value is -0.890. The first-order chi connectivity index (χ1) is 8.76. The van der Waals surface area contributed by atoms with E-state index >= 15 is 0 Å². The molecule has 1 nitrogen and oxygen atoms in total. The maximum atomic E-state index is 13.2. The zero-order valence-corrected chi connectivity index (χ0v) is 13.0. The van der Waals surface area contributed by atoms with E-state index in [1.54, 1.807) is 12.1 Å². The second kappa shape index (κ2) is 7.04. The van der Waals surface area contributed by atoms with Gasteiger partial charge in [-0.2, -0.15) is 0 Å². The van der Waals surface area contributed by atoms with Gasteiger partial charge in [0.15, 0.2) is 0 Å². The molecule has 0 aliphatic carbocycles. The van der Waals surface area contributed by atoms with Crippen LogP contribution in [0.2, 0.25) is 0 Å². The minimum atomic E-state index is -0.135. The molecule has 0 bridgehead atoms. The van der Waals surface area contributed by atoms with Crippen molar-refractivity contribution in [3.8, 4) is 0 Å². The van der Waals surface area contributed by atoms with Crippen molar-refractivity contribution in [2.24, 2.45) is 11.8 Å². The first-order valence-corrected chi connectivity index (χ1v) is 7.26. The average Bonchev–Trinajstić information content (AvgIpc) is 2.24. The smallest absolute Gasteiger partial charge is 0.123 e. The Labute approximate surface area is 117 Å². The normalized spacial score (nSPS) is 13.8. The van der Waals surface area contributed by atoms with Gasteiger partial charge in [-0.25, -0.2) is 4.39 Å². The van der Waals surface area contributed by atoms with Crippen molar-refractivity contribution in [2.45, 2.75) is 53.0 Å². The van der Waals surface area contributed by atoms with E-state index in [1.807, 2.05) is 6.07 Å². The summed E-state index contributed by atoms with van der Waals surface area (Å²) in [5, 5.41) is 3.57. The van der Waals surface area contributed by atoms with Crippen LogP contribution in [-0.4, -0.2) is 12.1 Å². The molecule has 0 amide bonds. The number of nitrogens with one attached hydrogen (secondary N) is 1. The van der Waals surface area contributed by atoms with Gasteiger partial charge in [0.1, 0.15) is 5.82 Å². The Bertz CT molecular complexity index is 379. The minimum absolute atomic E-state index is 0.135. The van der Waals surface area contributed by atoms with Crippen molar-refractivity contribution >= 4 is 0 Å². The highest BCUT2D eigenvalue weighted by molar-refractivity contribution is 5.17. The van der Waals surface area contributed by atoms with Gasteiger partial charge in [-0.05, 0) is 69.7 Å². The van der Waals surface area contributed by atoms with E-state index in [0.29, 0.717) is 11.8 Å². The monoisotopic (exact) mass is 265 g/mol. The third kappa shape index (κ3) is 7.31. The van der Waals surface area contributed by atoms with E-state index in [4.69, 9.17) is 0 Å². The molecule has 1 atom stereocenters. The van der Waals surface area contributed by atoms with Crippen LogP contribution in [-0.2, 0) is 6.42 Å². The van der Waals surface area contributed by atoms with Crippen LogP contribution in [0.1, 0.15) is 46.6 Å². The van der Waals surface area contributed by atoms with Gasteiger partial charge in [0.25, 0.3) is 0 Å². The molecule has 0 aliphatic heterocycles. The number of benzene rings is 1. The number of hydrogen-bond acceptors (Lipinski definition) is 1. The molecule has 0 heterocycles. The van der Waals surface area contributed by atoms with Crippen molar-refractivity contribution in [1.29, 1.82) is 0 Å². The Morgan fingerprint density at radius 1 is 1.21 bits per heavy atom. The lowest BCUT2D eigenvalue weighted by atomic mass is 9.90. The standard InChI is InChI=1S/C17H28FN/c1-13(2)9-15(12-19-17(3,4)5)10-14-7-6-8-16(18)11-14/h6-8,11,13,15,19H,9-10,12H2,1-5H3. The quantitative estimate of drug-likeness (QED) is 0.803. The molecule has 0 saturated carbocycles. The lowest BCUT2D eigenvalue weighted by Crippen LogP contribution is -2.39. The van der Waals surface area contributed by atoms with Crippen molar-refractivity contribution in [2.75, 3.05) is 6.54 Å². The summed E-state index contributed by atoms with van der Waals surface area (Å²) in [5.74, 6) is 1.09. The largest absolute Gasteiger partial charge is 0.312 e. The van der Waals surface area contributed by atoms with Crippen LogP contribution >= 0.6 is 0 Å². The van der Waals surface area contributed by atoms with Crippen LogP contribution in [0.15, 0.2) is 24.3 Å². The zero-order chi connectivity index (χ0) is 14.5. The van der Waals surface area contributed by atoms with E-state index in [0.717, 1.165) is 18.5 Å². The number of hydrogen-bond donors (Lipinski definition) is 1. The highest BCUT2D eigenvalue weighted by atomic mass is 19.1. The molecule has 19 heavy (non-hydrogen) atoms. The SMILES string of the molecule is CC(C)CC(CNC(C)(C)C)Cc1cccc(F)c1. The molecule has 0 fully saturated rings. The van der Waals surface area contributed by atoms with Gasteiger partial charge in [0, 0.05) is 5.54 Å². The molecule has 1 unspecified atom stereocenters. The van der Waals surface area contributed by atoms with Gasteiger partial charge in [-0.3, -0.25) is 0 Å². The Kier molecular flexibility index (Phi) is 5.99. The summed E-state index contributed by atoms with van der Waals surface area (Å²) < 4.78 is 13.2. The molecule has 108 valence electrons. The molecular weight excluding hydrogens is 237 g/mol. The maximum Gasteiger partial charge on any atom is 0.123 e. The summed E-state index contributed by atoms with van der Waals surface area (Å²) in [5.41, 5.74) is 1.23. The van der Waals surface area contributed by atoms with Crippen LogP contribution in [0.4, 0.5) is 4.39 Å². The Balaban J connectivity index is 2.63. The number of rotatable bonds is 6. The molecule has 0 aliphatic rings. The van der Waals surface area contributed by atoms with Crippen molar-refractivity contribution in [3.63, 3.8) is 0 Å². The van der Waals surface area contributed by atoms with Crippen molar-refractivity contribution in [1.82, 2.24) is 5.32 Å². The average molecular weight is 265 g/mol. The maximum absolute atomic E-state index is 13.2. The lowest BCUT2D eigenvalue weighted by Gasteiger charge is -2.26. The van der Waals surface area contributed by atoms with E-state index < -0.39 is 0 Å². The summed E-state index contributed by atoms with van der Waals surface area (Å²) in [6.45, 7) is 12.0. The molecule has 0 aromatic heterocycles. The zero-order valence-electron chi connectivity index (χ0n) is 13.0. The fraction of sp³-hybridized carbons (Fsp3) is 0.647. The first kappa shape index (κ1) is 16.2. The summed E-state index contributed by atoms with van der Waals surface area (Å²) in [6.07, 6.45) is 2.11. The molecule has 0 saturated heterocycles. The topological polar surface area (TPSA) is 12.0 Å². The van der Waals surface area contributed by atoms with Gasteiger partial charge in [-0.15, -0.1) is 0 Å². The van der Waals surface area contributed by atoms with Crippen LogP contribution < -0.4 is 5.32 Å². The van der Waals surface area contributed by atoms with Gasteiger partial charge in [0.2, 0.25) is 0 Å². The van der Waals surface area contributed by atoms with Crippen molar-refractivity contribution in [3.05, 3.63) is 35.6 Å². The van der Waals surface area contributed by atoms with Crippen LogP contribution in [0.5, 0.6) is 0 Å². The van der Waals surface area contributed by atoms with E-state index in [-0.39, 0.29) is 11.4 Å². The lowest BCUT2D eigenvalue weighted by molar-refractivity contribution is 0.331. The Morgan fingerprint density at radius 3 is 2.42 bits per heavy atom. The molecule has 0 radical (unpaired) electrons. The van der Waals surface area contributed by atoms with Gasteiger partial charge in [0.05, 0.1) is 0 Å². The van der Waals surface area contributed by atoms with E-state index in [2.05, 4.69) is 39.9 Å². The fourth-order valence-electron chi connectivity index (χ4n) is 2.35. The molecule has 2 heteroatoms. The molecule has 1 aromatic rings. The van der Waals surface area contributed by atoms with Gasteiger partial charge >= 0.3 is 0 Å². The highest BCUT2D eigenvalue weighted by Crippen LogP contribution is 2.18. The molecule has 1 rings (SSSR count). The molecule has 1 N–H and O–H groups in total. The summed E-state index contributed by atoms with van der Waals surface area (Å²) in [6, 6.07) is 6.99. The minimum Gasteiger partial charge on any atom is -0.312 e. The third-order valence-electron chi connectivity index (χ3n) is 3.14. The predicted octanol–water partition coefficient (Wildman–Crippen LogP) is 4.42. The van der Waals surface area contributed by atoms with Gasteiger partial charge in [-0.1, -0.05) is 26.0 Å². The third-order valence-corrected chi connectivity index (χ3v) is 3.14. The van der Waals surface area contributed by atoms with E-state index in [9.17, 15) is 4.39 Å². The number of halogens is 1. The summed E-state index contributed by atoms with van der Waals surface area (Å²) >= 11 is 0. The van der Waals surface area contributed by atoms with Crippen molar-refractivity contribution < 1.29 is 4.39 Å². The first-order valence-electron chi connectivity index (χ1n) is 7.26. The molecular formula is C17H28FN. The highest BCUT2D eigenvalue weighted by Gasteiger charge is 2.16.